The third-order valence-corrected chi connectivity index (χ3v) is 8.40. The van der Waals surface area contributed by atoms with Crippen molar-refractivity contribution >= 4 is 23.4 Å². The summed E-state index contributed by atoms with van der Waals surface area (Å²) in [6.45, 7) is 6.59. The van der Waals surface area contributed by atoms with Crippen LogP contribution >= 0.6 is 0 Å². The zero-order chi connectivity index (χ0) is 24.7. The Labute approximate surface area is 207 Å². The summed E-state index contributed by atoms with van der Waals surface area (Å²) >= 11 is 0. The Morgan fingerprint density at radius 3 is 2.60 bits per heavy atom. The number of anilines is 1. The number of hydrogen-bond acceptors (Lipinski definition) is 4. The fraction of sp³-hybridized carbons (Fsp3) is 0.607. The van der Waals surface area contributed by atoms with Crippen LogP contribution in [-0.2, 0) is 19.1 Å². The summed E-state index contributed by atoms with van der Waals surface area (Å²) in [7, 11) is 0. The Bertz CT molecular complexity index is 1050. The van der Waals surface area contributed by atoms with Crippen LogP contribution in [0.15, 0.2) is 30.4 Å². The summed E-state index contributed by atoms with van der Waals surface area (Å²) in [6, 6.07) is 5.19. The van der Waals surface area contributed by atoms with Crippen LogP contribution in [0.4, 0.5) is 5.69 Å². The molecular weight excluding hydrogens is 442 g/mol. The largest absolute Gasteiger partial charge is 0.359 e. The van der Waals surface area contributed by atoms with Crippen molar-refractivity contribution in [2.45, 2.75) is 89.5 Å². The molecule has 35 heavy (non-hydrogen) atoms. The van der Waals surface area contributed by atoms with E-state index in [-0.39, 0.29) is 23.8 Å². The maximum atomic E-state index is 13.8. The highest BCUT2D eigenvalue weighted by Gasteiger charge is 2.72. The molecule has 5 rings (SSSR count). The lowest BCUT2D eigenvalue weighted by atomic mass is 9.74. The van der Waals surface area contributed by atoms with Crippen LogP contribution in [-0.4, -0.2) is 53.0 Å². The molecule has 3 fully saturated rings. The van der Waals surface area contributed by atoms with Gasteiger partial charge in [0, 0.05) is 18.3 Å². The van der Waals surface area contributed by atoms with E-state index < -0.39 is 29.6 Å². The molecule has 3 heterocycles. The number of rotatable bonds is 7. The SMILES string of the molecule is CCCCN1C(=O)[C@H]2[C@H](C(=O)Nc3ccc(C)c(C)c3)[C@H]3C=C[C@@]2(O3)[C@@H]1C(=O)NC1CCCCC1. The predicted octanol–water partition coefficient (Wildman–Crippen LogP) is 3.64. The molecule has 5 atom stereocenters. The van der Waals surface area contributed by atoms with Crippen LogP contribution < -0.4 is 10.6 Å². The van der Waals surface area contributed by atoms with Crippen LogP contribution in [0.5, 0.6) is 0 Å². The van der Waals surface area contributed by atoms with Gasteiger partial charge in [-0.05, 0) is 56.4 Å². The van der Waals surface area contributed by atoms with E-state index in [1.165, 1.54) is 6.42 Å². The second kappa shape index (κ2) is 9.41. The van der Waals surface area contributed by atoms with Crippen LogP contribution in [0, 0.1) is 25.7 Å². The molecule has 4 aliphatic rings. The summed E-state index contributed by atoms with van der Waals surface area (Å²) in [5.41, 5.74) is 1.86. The maximum absolute atomic E-state index is 13.8. The number of ether oxygens (including phenoxy) is 1. The van der Waals surface area contributed by atoms with Gasteiger partial charge in [0.05, 0.1) is 17.9 Å². The molecule has 3 amide bonds. The molecule has 2 saturated heterocycles. The summed E-state index contributed by atoms with van der Waals surface area (Å²) < 4.78 is 6.41. The third-order valence-electron chi connectivity index (χ3n) is 8.40. The lowest BCUT2D eigenvalue weighted by Gasteiger charge is -2.34. The molecule has 2 bridgehead atoms. The first-order chi connectivity index (χ1) is 16.9. The van der Waals surface area contributed by atoms with E-state index in [0.29, 0.717) is 12.2 Å². The van der Waals surface area contributed by atoms with E-state index in [1.807, 2.05) is 44.2 Å². The van der Waals surface area contributed by atoms with Crippen molar-refractivity contribution in [3.05, 3.63) is 41.5 Å². The maximum Gasteiger partial charge on any atom is 0.246 e. The second-order valence-corrected chi connectivity index (χ2v) is 10.7. The minimum Gasteiger partial charge on any atom is -0.359 e. The molecule has 0 radical (unpaired) electrons. The monoisotopic (exact) mass is 479 g/mol. The van der Waals surface area contributed by atoms with Gasteiger partial charge in [0.1, 0.15) is 11.6 Å². The van der Waals surface area contributed by atoms with Gasteiger partial charge in [-0.3, -0.25) is 14.4 Å². The zero-order valence-corrected chi connectivity index (χ0v) is 21.0. The number of fused-ring (bicyclic) bond motifs is 1. The number of carbonyl (C=O) groups is 3. The summed E-state index contributed by atoms with van der Waals surface area (Å²) in [6.07, 6.45) is 10.3. The molecule has 0 aromatic heterocycles. The Balaban J connectivity index is 1.42. The number of nitrogens with one attached hydrogen (secondary N) is 2. The van der Waals surface area contributed by atoms with Crippen molar-refractivity contribution in [2.24, 2.45) is 11.8 Å². The molecule has 2 N–H and O–H groups in total. The van der Waals surface area contributed by atoms with E-state index >= 15 is 0 Å². The van der Waals surface area contributed by atoms with Gasteiger partial charge >= 0.3 is 0 Å². The smallest absolute Gasteiger partial charge is 0.246 e. The minimum atomic E-state index is -1.08. The van der Waals surface area contributed by atoms with E-state index in [9.17, 15) is 14.4 Å². The Hall–Kier alpha value is -2.67. The Morgan fingerprint density at radius 2 is 1.89 bits per heavy atom. The van der Waals surface area contributed by atoms with E-state index in [2.05, 4.69) is 17.6 Å². The number of aryl methyl sites for hydroxylation is 2. The van der Waals surface area contributed by atoms with E-state index in [0.717, 1.165) is 49.7 Å². The fourth-order valence-electron chi connectivity index (χ4n) is 6.41. The Kier molecular flexibility index (Phi) is 6.47. The van der Waals surface area contributed by atoms with Gasteiger partial charge in [-0.25, -0.2) is 0 Å². The molecule has 0 unspecified atom stereocenters. The van der Waals surface area contributed by atoms with E-state index in [1.54, 1.807) is 4.90 Å². The molecule has 7 nitrogen and oxygen atoms in total. The lowest BCUT2D eigenvalue weighted by molar-refractivity contribution is -0.141. The third kappa shape index (κ3) is 4.07. The van der Waals surface area contributed by atoms with Gasteiger partial charge in [-0.15, -0.1) is 0 Å². The van der Waals surface area contributed by atoms with Gasteiger partial charge in [0.25, 0.3) is 0 Å². The second-order valence-electron chi connectivity index (χ2n) is 10.7. The highest BCUT2D eigenvalue weighted by molar-refractivity contribution is 6.02. The Morgan fingerprint density at radius 1 is 1.11 bits per heavy atom. The number of nitrogens with zero attached hydrogens (tertiary/aromatic N) is 1. The van der Waals surface area contributed by atoms with Gasteiger partial charge in [-0.1, -0.05) is 50.8 Å². The standard InChI is InChI=1S/C28H37N3O4/c1-4-5-15-31-24(26(33)29-19-9-7-6-8-10-19)28-14-13-21(35-28)22(23(28)27(31)34)25(32)30-20-12-11-17(2)18(3)16-20/h11-14,16,19,21-24H,4-10,15H2,1-3H3,(H,29,33)(H,30,32)/t21-,22-,23-,24+,28+/m1/s1. The molecule has 3 aliphatic heterocycles. The normalized spacial score (nSPS) is 31.6. The van der Waals surface area contributed by atoms with Crippen molar-refractivity contribution in [1.29, 1.82) is 0 Å². The summed E-state index contributed by atoms with van der Waals surface area (Å²) in [5, 5.41) is 6.24. The first kappa shape index (κ1) is 24.0. The molecule has 1 aromatic rings. The van der Waals surface area contributed by atoms with Crippen molar-refractivity contribution in [3.8, 4) is 0 Å². The first-order valence-electron chi connectivity index (χ1n) is 13.2. The first-order valence-corrected chi connectivity index (χ1v) is 13.2. The van der Waals surface area contributed by atoms with Crippen LogP contribution in [0.3, 0.4) is 0 Å². The van der Waals surface area contributed by atoms with Crippen LogP contribution in [0.25, 0.3) is 0 Å². The van der Waals surface area contributed by atoms with Gasteiger partial charge in [-0.2, -0.15) is 0 Å². The predicted molar refractivity (Wildman–Crippen MR) is 134 cm³/mol. The fourth-order valence-corrected chi connectivity index (χ4v) is 6.41. The number of likely N-dealkylation sites (tertiary alicyclic amines) is 1. The highest BCUT2D eigenvalue weighted by atomic mass is 16.5. The quantitative estimate of drug-likeness (QED) is 0.585. The summed E-state index contributed by atoms with van der Waals surface area (Å²) in [5.74, 6) is -1.88. The van der Waals surface area contributed by atoms with Crippen molar-refractivity contribution in [2.75, 3.05) is 11.9 Å². The number of unbranched alkanes of at least 4 members (excludes halogenated alkanes) is 1. The zero-order valence-electron chi connectivity index (χ0n) is 21.0. The van der Waals surface area contributed by atoms with Gasteiger partial charge in [0.15, 0.2) is 0 Å². The van der Waals surface area contributed by atoms with Crippen molar-refractivity contribution < 1.29 is 19.1 Å². The number of benzene rings is 1. The molecule has 1 saturated carbocycles. The molecule has 1 spiro atoms. The molecule has 1 aliphatic carbocycles. The summed E-state index contributed by atoms with van der Waals surface area (Å²) in [4.78, 5) is 42.7. The minimum absolute atomic E-state index is 0.140. The molecule has 1 aromatic carbocycles. The van der Waals surface area contributed by atoms with Crippen molar-refractivity contribution in [1.82, 2.24) is 10.2 Å². The average molecular weight is 480 g/mol. The number of amides is 3. The van der Waals surface area contributed by atoms with Gasteiger partial charge < -0.3 is 20.3 Å². The van der Waals surface area contributed by atoms with Crippen LogP contribution in [0.2, 0.25) is 0 Å². The number of hydrogen-bond donors (Lipinski definition) is 2. The lowest BCUT2D eigenvalue weighted by Crippen LogP contribution is -2.56. The average Bonchev–Trinajstić information content (AvgIpc) is 3.48. The molecular formula is C28H37N3O4. The van der Waals surface area contributed by atoms with Crippen molar-refractivity contribution in [3.63, 3.8) is 0 Å². The van der Waals surface area contributed by atoms with Crippen LogP contribution in [0.1, 0.15) is 63.0 Å². The number of carbonyl (C=O) groups excluding carboxylic acids is 3. The molecule has 7 heteroatoms. The topological polar surface area (TPSA) is 87.7 Å². The molecule has 188 valence electrons. The highest BCUT2D eigenvalue weighted by Crippen LogP contribution is 2.55. The van der Waals surface area contributed by atoms with Gasteiger partial charge in [0.2, 0.25) is 17.7 Å². The van der Waals surface area contributed by atoms with E-state index in [4.69, 9.17) is 4.74 Å².